The molecule has 26 heavy (non-hydrogen) atoms. The van der Waals surface area contributed by atoms with E-state index in [0.717, 1.165) is 11.1 Å². The number of nitrogens with one attached hydrogen (secondary N) is 2. The summed E-state index contributed by atoms with van der Waals surface area (Å²) >= 11 is 6.15. The highest BCUT2D eigenvalue weighted by molar-refractivity contribution is 6.33. The Balaban J connectivity index is 1.68. The van der Waals surface area contributed by atoms with Gasteiger partial charge in [0.25, 0.3) is 11.8 Å². The fourth-order valence-corrected chi connectivity index (χ4v) is 2.73. The number of benzene rings is 2. The summed E-state index contributed by atoms with van der Waals surface area (Å²) in [4.78, 5) is 24.0. The molecular weight excluding hydrogens is 352 g/mol. The van der Waals surface area contributed by atoms with Gasteiger partial charge in [-0.15, -0.1) is 0 Å². The van der Waals surface area contributed by atoms with Crippen molar-refractivity contribution in [1.82, 2.24) is 10.6 Å². The van der Waals surface area contributed by atoms with E-state index in [2.05, 4.69) is 10.6 Å². The predicted molar refractivity (Wildman–Crippen MR) is 100 cm³/mol. The van der Waals surface area contributed by atoms with E-state index in [0.29, 0.717) is 16.3 Å². The average molecular weight is 369 g/mol. The molecule has 0 fully saturated rings. The first-order valence-electron chi connectivity index (χ1n) is 8.02. The normalized spacial score (nSPS) is 10.4. The van der Waals surface area contributed by atoms with Gasteiger partial charge in [0.2, 0.25) is 0 Å². The summed E-state index contributed by atoms with van der Waals surface area (Å²) in [7, 11) is 1.57. The van der Waals surface area contributed by atoms with Crippen LogP contribution in [0.2, 0.25) is 5.02 Å². The van der Waals surface area contributed by atoms with E-state index in [1.54, 1.807) is 43.4 Å². The van der Waals surface area contributed by atoms with Crippen LogP contribution in [0.4, 0.5) is 0 Å². The van der Waals surface area contributed by atoms with Crippen LogP contribution in [0.25, 0.3) is 11.3 Å². The first kappa shape index (κ1) is 17.8. The topological polar surface area (TPSA) is 71.3 Å². The Labute approximate surface area is 156 Å². The minimum atomic E-state index is -0.339. The van der Waals surface area contributed by atoms with Crippen molar-refractivity contribution in [2.24, 2.45) is 0 Å². The van der Waals surface area contributed by atoms with E-state index in [9.17, 15) is 9.59 Å². The number of carbonyl (C=O) groups is 2. The van der Waals surface area contributed by atoms with Gasteiger partial charge in [0.05, 0.1) is 5.02 Å². The van der Waals surface area contributed by atoms with Gasteiger partial charge in [-0.3, -0.25) is 9.59 Å². The van der Waals surface area contributed by atoms with Gasteiger partial charge in [-0.1, -0.05) is 35.9 Å². The summed E-state index contributed by atoms with van der Waals surface area (Å²) in [6.45, 7) is 0.284. The maximum absolute atomic E-state index is 12.3. The molecule has 0 bridgehead atoms. The first-order chi connectivity index (χ1) is 12.6. The van der Waals surface area contributed by atoms with Crippen molar-refractivity contribution in [1.29, 1.82) is 0 Å². The van der Waals surface area contributed by atoms with Gasteiger partial charge in [-0.25, -0.2) is 0 Å². The number of rotatable bonds is 5. The second-order valence-corrected chi connectivity index (χ2v) is 6.01. The molecule has 132 valence electrons. The summed E-state index contributed by atoms with van der Waals surface area (Å²) in [5, 5.41) is 5.91. The third-order valence-electron chi connectivity index (χ3n) is 3.84. The van der Waals surface area contributed by atoms with Crippen molar-refractivity contribution in [2.75, 3.05) is 7.05 Å². The third kappa shape index (κ3) is 3.95. The molecule has 2 aromatic carbocycles. The molecule has 0 aliphatic carbocycles. The molecule has 6 heteroatoms. The second kappa shape index (κ2) is 7.89. The molecule has 1 aromatic heterocycles. The highest BCUT2D eigenvalue weighted by Gasteiger charge is 2.14. The lowest BCUT2D eigenvalue weighted by Crippen LogP contribution is -2.23. The molecule has 3 aromatic rings. The van der Waals surface area contributed by atoms with Gasteiger partial charge >= 0.3 is 0 Å². The van der Waals surface area contributed by atoms with Gasteiger partial charge < -0.3 is 15.1 Å². The van der Waals surface area contributed by atoms with Crippen LogP contribution in [0.3, 0.4) is 0 Å². The highest BCUT2D eigenvalue weighted by Crippen LogP contribution is 2.29. The van der Waals surface area contributed by atoms with Crippen LogP contribution in [-0.2, 0) is 6.54 Å². The molecule has 0 saturated heterocycles. The molecule has 2 N–H and O–H groups in total. The molecule has 3 rings (SSSR count). The van der Waals surface area contributed by atoms with Crippen LogP contribution in [-0.4, -0.2) is 18.9 Å². The van der Waals surface area contributed by atoms with Crippen molar-refractivity contribution in [2.45, 2.75) is 6.54 Å². The number of halogens is 1. The zero-order chi connectivity index (χ0) is 18.5. The van der Waals surface area contributed by atoms with Gasteiger partial charge in [-0.2, -0.15) is 0 Å². The van der Waals surface area contributed by atoms with Crippen LogP contribution in [0.15, 0.2) is 65.1 Å². The smallest absolute Gasteiger partial charge is 0.287 e. The standard InChI is InChI=1S/C20H17ClN2O3/c1-22-19(24)14-6-4-5-13(11-14)12-23-20(25)18-10-9-17(26-18)15-7-2-3-8-16(15)21/h2-11H,12H2,1H3,(H,22,24)(H,23,25). The van der Waals surface area contributed by atoms with Gasteiger partial charge in [0.15, 0.2) is 5.76 Å². The maximum atomic E-state index is 12.3. The quantitative estimate of drug-likeness (QED) is 0.717. The third-order valence-corrected chi connectivity index (χ3v) is 4.17. The molecule has 0 spiro atoms. The maximum Gasteiger partial charge on any atom is 0.287 e. The van der Waals surface area contributed by atoms with E-state index < -0.39 is 0 Å². The molecule has 0 radical (unpaired) electrons. The Hall–Kier alpha value is -3.05. The largest absolute Gasteiger partial charge is 0.451 e. The number of amides is 2. The Morgan fingerprint density at radius 2 is 1.81 bits per heavy atom. The summed E-state index contributed by atoms with van der Waals surface area (Å²) in [6, 6.07) is 17.6. The molecule has 5 nitrogen and oxygen atoms in total. The van der Waals surface area contributed by atoms with E-state index in [-0.39, 0.29) is 24.1 Å². The number of hydrogen-bond acceptors (Lipinski definition) is 3. The fraction of sp³-hybridized carbons (Fsp3) is 0.100. The van der Waals surface area contributed by atoms with Crippen LogP contribution in [0.1, 0.15) is 26.5 Å². The highest BCUT2D eigenvalue weighted by atomic mass is 35.5. The van der Waals surface area contributed by atoms with E-state index in [1.165, 1.54) is 0 Å². The molecule has 0 atom stereocenters. The van der Waals surface area contributed by atoms with Gasteiger partial charge in [0.1, 0.15) is 5.76 Å². The monoisotopic (exact) mass is 368 g/mol. The molecule has 0 saturated carbocycles. The molecule has 2 amide bonds. The lowest BCUT2D eigenvalue weighted by Gasteiger charge is -2.06. The summed E-state index contributed by atoms with van der Waals surface area (Å²) < 4.78 is 5.62. The average Bonchev–Trinajstić information content (AvgIpc) is 3.16. The van der Waals surface area contributed by atoms with Gasteiger partial charge in [0, 0.05) is 24.7 Å². The Kier molecular flexibility index (Phi) is 5.39. The van der Waals surface area contributed by atoms with Crippen LogP contribution in [0.5, 0.6) is 0 Å². The van der Waals surface area contributed by atoms with Crippen molar-refractivity contribution >= 4 is 23.4 Å². The minimum absolute atomic E-state index is 0.173. The fourth-order valence-electron chi connectivity index (χ4n) is 2.50. The zero-order valence-corrected chi connectivity index (χ0v) is 14.8. The Bertz CT molecular complexity index is 949. The minimum Gasteiger partial charge on any atom is -0.451 e. The van der Waals surface area contributed by atoms with E-state index >= 15 is 0 Å². The molecule has 0 unspecified atom stereocenters. The van der Waals surface area contributed by atoms with Crippen molar-refractivity contribution in [3.8, 4) is 11.3 Å². The summed E-state index contributed by atoms with van der Waals surface area (Å²) in [5.41, 5.74) is 2.09. The SMILES string of the molecule is CNC(=O)c1cccc(CNC(=O)c2ccc(-c3ccccc3Cl)o2)c1. The number of hydrogen-bond donors (Lipinski definition) is 2. The van der Waals surface area contributed by atoms with Crippen LogP contribution >= 0.6 is 11.6 Å². The van der Waals surface area contributed by atoms with Crippen molar-refractivity contribution in [3.63, 3.8) is 0 Å². The molecule has 1 heterocycles. The molecule has 0 aliphatic rings. The van der Waals surface area contributed by atoms with E-state index in [4.69, 9.17) is 16.0 Å². The number of carbonyl (C=O) groups excluding carboxylic acids is 2. The Morgan fingerprint density at radius 3 is 2.58 bits per heavy atom. The van der Waals surface area contributed by atoms with Crippen LogP contribution < -0.4 is 10.6 Å². The number of furan rings is 1. The molecule has 0 aliphatic heterocycles. The predicted octanol–water partition coefficient (Wildman–Crippen LogP) is 3.89. The van der Waals surface area contributed by atoms with Crippen molar-refractivity contribution in [3.05, 3.63) is 82.6 Å². The first-order valence-corrected chi connectivity index (χ1v) is 8.40. The Morgan fingerprint density at radius 1 is 1.00 bits per heavy atom. The molecular formula is C20H17ClN2O3. The summed E-state index contributed by atoms with van der Waals surface area (Å²) in [5.74, 6) is 0.215. The second-order valence-electron chi connectivity index (χ2n) is 5.61. The lowest BCUT2D eigenvalue weighted by molar-refractivity contribution is 0.0923. The van der Waals surface area contributed by atoms with Gasteiger partial charge in [-0.05, 0) is 42.0 Å². The zero-order valence-electron chi connectivity index (χ0n) is 14.1. The summed E-state index contributed by atoms with van der Waals surface area (Å²) in [6.07, 6.45) is 0. The lowest BCUT2D eigenvalue weighted by atomic mass is 10.1. The van der Waals surface area contributed by atoms with E-state index in [1.807, 2.05) is 24.3 Å². The van der Waals surface area contributed by atoms with Crippen LogP contribution in [0, 0.1) is 0 Å². The van der Waals surface area contributed by atoms with Crippen molar-refractivity contribution < 1.29 is 14.0 Å².